The van der Waals surface area contributed by atoms with Crippen LogP contribution in [0, 0.1) is 0 Å². The van der Waals surface area contributed by atoms with E-state index in [1.54, 1.807) is 0 Å². The molecule has 0 aliphatic carbocycles. The van der Waals surface area contributed by atoms with Crippen LogP contribution >= 0.6 is 22.9 Å². The topological polar surface area (TPSA) is 12.4 Å². The van der Waals surface area contributed by atoms with Gasteiger partial charge in [0.25, 0.3) is 0 Å². The highest BCUT2D eigenvalue weighted by atomic mass is 35.5. The van der Waals surface area contributed by atoms with Crippen LogP contribution < -0.4 is 0 Å². The molecule has 2 rings (SSSR count). The summed E-state index contributed by atoms with van der Waals surface area (Å²) >= 11 is 6.97. The van der Waals surface area contributed by atoms with Crippen molar-refractivity contribution >= 4 is 34.8 Å². The predicted octanol–water partition coefficient (Wildman–Crippen LogP) is 5.17. The lowest BCUT2D eigenvalue weighted by Gasteiger charge is -2.08. The summed E-state index contributed by atoms with van der Waals surface area (Å²) in [6, 6.07) is 7.25. The van der Waals surface area contributed by atoms with Crippen LogP contribution in [0.1, 0.15) is 10.4 Å². The van der Waals surface area contributed by atoms with Gasteiger partial charge in [-0.1, -0.05) is 17.7 Å². The zero-order valence-electron chi connectivity index (χ0n) is 8.91. The standard InChI is InChI=1S/C12H7ClF3NS/c13-11-4-3-8(6-10(11)12(14,15)16)17-7-9-2-1-5-18-9/h1-7H. The smallest absolute Gasteiger partial charge is 0.255 e. The number of thiophene rings is 1. The molecule has 0 saturated heterocycles. The van der Waals surface area contributed by atoms with Crippen LogP contribution in [0.5, 0.6) is 0 Å². The molecule has 2 aromatic rings. The lowest BCUT2D eigenvalue weighted by molar-refractivity contribution is -0.137. The predicted molar refractivity (Wildman–Crippen MR) is 68.0 cm³/mol. The Bertz CT molecular complexity index is 561. The van der Waals surface area contributed by atoms with Crippen molar-refractivity contribution in [3.05, 3.63) is 51.2 Å². The van der Waals surface area contributed by atoms with Crippen LogP contribution in [0.25, 0.3) is 0 Å². The van der Waals surface area contributed by atoms with Crippen LogP contribution in [0.2, 0.25) is 5.02 Å². The molecular formula is C12H7ClF3NS. The summed E-state index contributed by atoms with van der Waals surface area (Å²) in [5.41, 5.74) is -0.648. The van der Waals surface area contributed by atoms with Gasteiger partial charge in [0.2, 0.25) is 0 Å². The molecule has 0 spiro atoms. The highest BCUT2D eigenvalue weighted by Crippen LogP contribution is 2.36. The Hall–Kier alpha value is -1.33. The second kappa shape index (κ2) is 5.12. The minimum atomic E-state index is -4.47. The zero-order chi connectivity index (χ0) is 13.2. The molecule has 0 atom stereocenters. The maximum Gasteiger partial charge on any atom is 0.417 e. The largest absolute Gasteiger partial charge is 0.417 e. The zero-order valence-corrected chi connectivity index (χ0v) is 10.5. The van der Waals surface area contributed by atoms with Crippen LogP contribution in [0.3, 0.4) is 0 Å². The van der Waals surface area contributed by atoms with Gasteiger partial charge in [-0.2, -0.15) is 13.2 Å². The molecule has 6 heteroatoms. The molecule has 0 bridgehead atoms. The lowest BCUT2D eigenvalue weighted by Crippen LogP contribution is -2.05. The minimum absolute atomic E-state index is 0.222. The lowest BCUT2D eigenvalue weighted by atomic mass is 10.2. The third-order valence-corrected chi connectivity index (χ3v) is 3.28. The van der Waals surface area contributed by atoms with Gasteiger partial charge in [-0.15, -0.1) is 11.3 Å². The third kappa shape index (κ3) is 3.11. The number of aliphatic imine (C=N–C) groups is 1. The SMILES string of the molecule is FC(F)(F)c1cc(N=Cc2cccs2)ccc1Cl. The Balaban J connectivity index is 2.30. The number of hydrogen-bond acceptors (Lipinski definition) is 2. The second-order valence-corrected chi connectivity index (χ2v) is 4.82. The summed E-state index contributed by atoms with van der Waals surface area (Å²) in [4.78, 5) is 4.86. The molecule has 0 fully saturated rings. The third-order valence-electron chi connectivity index (χ3n) is 2.14. The van der Waals surface area contributed by atoms with E-state index in [9.17, 15) is 13.2 Å². The van der Waals surface area contributed by atoms with Gasteiger partial charge < -0.3 is 0 Å². The molecule has 1 aromatic heterocycles. The van der Waals surface area contributed by atoms with Crippen molar-refractivity contribution in [1.29, 1.82) is 0 Å². The number of benzene rings is 1. The molecule has 0 saturated carbocycles. The summed E-state index contributed by atoms with van der Waals surface area (Å²) in [7, 11) is 0. The van der Waals surface area contributed by atoms with Gasteiger partial charge in [-0.25, -0.2) is 0 Å². The van der Waals surface area contributed by atoms with E-state index in [1.165, 1.54) is 29.7 Å². The molecule has 0 aliphatic rings. The highest BCUT2D eigenvalue weighted by molar-refractivity contribution is 7.11. The number of nitrogens with zero attached hydrogens (tertiary/aromatic N) is 1. The quantitative estimate of drug-likeness (QED) is 0.676. The Morgan fingerprint density at radius 3 is 2.61 bits per heavy atom. The normalized spacial score (nSPS) is 12.2. The molecule has 18 heavy (non-hydrogen) atoms. The monoisotopic (exact) mass is 289 g/mol. The van der Waals surface area contributed by atoms with Gasteiger partial charge in [-0.05, 0) is 29.6 Å². The number of halogens is 4. The molecular weight excluding hydrogens is 283 g/mol. The molecule has 0 unspecified atom stereocenters. The number of hydrogen-bond donors (Lipinski definition) is 0. The Labute approximate surface area is 111 Å². The van der Waals surface area contributed by atoms with Gasteiger partial charge >= 0.3 is 6.18 Å². The van der Waals surface area contributed by atoms with Crippen molar-refractivity contribution in [2.45, 2.75) is 6.18 Å². The van der Waals surface area contributed by atoms with E-state index in [1.807, 2.05) is 17.5 Å². The fourth-order valence-corrected chi connectivity index (χ4v) is 2.12. The van der Waals surface area contributed by atoms with E-state index < -0.39 is 11.7 Å². The Morgan fingerprint density at radius 1 is 1.22 bits per heavy atom. The highest BCUT2D eigenvalue weighted by Gasteiger charge is 2.33. The molecule has 0 amide bonds. The first kappa shape index (κ1) is 13.1. The molecule has 94 valence electrons. The summed E-state index contributed by atoms with van der Waals surface area (Å²) in [5.74, 6) is 0. The van der Waals surface area contributed by atoms with Crippen molar-refractivity contribution in [2.24, 2.45) is 4.99 Å². The maximum absolute atomic E-state index is 12.6. The second-order valence-electron chi connectivity index (χ2n) is 3.44. The molecule has 0 N–H and O–H groups in total. The summed E-state index contributed by atoms with van der Waals surface area (Å²) < 4.78 is 37.8. The summed E-state index contributed by atoms with van der Waals surface area (Å²) in [6.07, 6.45) is -2.94. The Morgan fingerprint density at radius 2 is 2.00 bits per heavy atom. The minimum Gasteiger partial charge on any atom is -0.255 e. The van der Waals surface area contributed by atoms with Crippen molar-refractivity contribution in [3.8, 4) is 0 Å². The van der Waals surface area contributed by atoms with E-state index in [0.717, 1.165) is 10.9 Å². The van der Waals surface area contributed by atoms with Gasteiger partial charge in [-0.3, -0.25) is 4.99 Å². The van der Waals surface area contributed by atoms with Crippen molar-refractivity contribution in [1.82, 2.24) is 0 Å². The first-order chi connectivity index (χ1) is 8.47. The van der Waals surface area contributed by atoms with Crippen LogP contribution in [0.4, 0.5) is 18.9 Å². The Kier molecular flexibility index (Phi) is 3.73. The van der Waals surface area contributed by atoms with Crippen molar-refractivity contribution < 1.29 is 13.2 Å². The molecule has 1 heterocycles. The average molecular weight is 290 g/mol. The van der Waals surface area contributed by atoms with Gasteiger partial charge in [0, 0.05) is 11.1 Å². The van der Waals surface area contributed by atoms with Crippen LogP contribution in [-0.2, 0) is 6.18 Å². The van der Waals surface area contributed by atoms with Crippen molar-refractivity contribution in [2.75, 3.05) is 0 Å². The van der Waals surface area contributed by atoms with Crippen molar-refractivity contribution in [3.63, 3.8) is 0 Å². The molecule has 1 aromatic carbocycles. The number of rotatable bonds is 2. The van der Waals surface area contributed by atoms with E-state index in [0.29, 0.717) is 0 Å². The van der Waals surface area contributed by atoms with E-state index in [4.69, 9.17) is 11.6 Å². The van der Waals surface area contributed by atoms with Crippen LogP contribution in [-0.4, -0.2) is 6.21 Å². The molecule has 0 radical (unpaired) electrons. The summed E-state index contributed by atoms with van der Waals surface area (Å²) in [5, 5.41) is 1.54. The van der Waals surface area contributed by atoms with Gasteiger partial charge in [0.05, 0.1) is 16.3 Å². The van der Waals surface area contributed by atoms with E-state index in [2.05, 4.69) is 4.99 Å². The van der Waals surface area contributed by atoms with E-state index in [-0.39, 0.29) is 10.7 Å². The van der Waals surface area contributed by atoms with E-state index >= 15 is 0 Å². The van der Waals surface area contributed by atoms with Gasteiger partial charge in [0.1, 0.15) is 0 Å². The first-order valence-electron chi connectivity index (χ1n) is 4.91. The summed E-state index contributed by atoms with van der Waals surface area (Å²) in [6.45, 7) is 0. The van der Waals surface area contributed by atoms with Gasteiger partial charge in [0.15, 0.2) is 0 Å². The fourth-order valence-electron chi connectivity index (χ4n) is 1.31. The number of alkyl halides is 3. The average Bonchev–Trinajstić information content (AvgIpc) is 2.79. The molecule has 1 nitrogen and oxygen atoms in total. The maximum atomic E-state index is 12.6. The first-order valence-corrected chi connectivity index (χ1v) is 6.17. The molecule has 0 aliphatic heterocycles. The van der Waals surface area contributed by atoms with Crippen LogP contribution in [0.15, 0.2) is 40.7 Å². The fraction of sp³-hybridized carbons (Fsp3) is 0.0833.